The Labute approximate surface area is 149 Å². The Hall–Kier alpha value is -3.27. The van der Waals surface area contributed by atoms with Crippen LogP contribution in [0.15, 0.2) is 40.0 Å². The van der Waals surface area contributed by atoms with Gasteiger partial charge in [0, 0.05) is 34.7 Å². The Morgan fingerprint density at radius 1 is 1.46 bits per heavy atom. The summed E-state index contributed by atoms with van der Waals surface area (Å²) in [6.45, 7) is 0.258. The first-order valence-electron chi connectivity index (χ1n) is 8.18. The summed E-state index contributed by atoms with van der Waals surface area (Å²) in [5.74, 6) is 5.57. The number of nitrogens with one attached hydrogen (secondary N) is 1. The van der Waals surface area contributed by atoms with E-state index in [0.717, 1.165) is 24.0 Å². The highest BCUT2D eigenvalue weighted by Crippen LogP contribution is 2.28. The minimum Gasteiger partial charge on any atom is -0.384 e. The molecule has 132 valence electrons. The second kappa shape index (κ2) is 8.21. The highest BCUT2D eigenvalue weighted by Gasteiger charge is 2.30. The standard InChI is InChI=1S/C18H17N5O3/c19-23-20-11-13-8-15(9-13)21-18(25)17-10-16(22-26-17)14-5-1-3-12(7-14)4-2-6-24/h1,3,5,7,10,13,15,24H,6,8-9,11H2,(H,21,25)/t13-,15-. The summed E-state index contributed by atoms with van der Waals surface area (Å²) in [7, 11) is 0. The van der Waals surface area contributed by atoms with E-state index in [1.54, 1.807) is 6.07 Å². The van der Waals surface area contributed by atoms with Gasteiger partial charge in [-0.1, -0.05) is 34.2 Å². The van der Waals surface area contributed by atoms with Crippen molar-refractivity contribution in [3.8, 4) is 23.1 Å². The van der Waals surface area contributed by atoms with Crippen molar-refractivity contribution in [2.24, 2.45) is 11.0 Å². The van der Waals surface area contributed by atoms with Crippen molar-refractivity contribution in [2.75, 3.05) is 13.2 Å². The van der Waals surface area contributed by atoms with E-state index >= 15 is 0 Å². The number of amides is 1. The fraction of sp³-hybridized carbons (Fsp3) is 0.333. The van der Waals surface area contributed by atoms with Crippen LogP contribution in [0.25, 0.3) is 21.7 Å². The molecule has 0 saturated heterocycles. The summed E-state index contributed by atoms with van der Waals surface area (Å²) in [5.41, 5.74) is 10.4. The monoisotopic (exact) mass is 351 g/mol. The van der Waals surface area contributed by atoms with E-state index in [-0.39, 0.29) is 24.3 Å². The highest BCUT2D eigenvalue weighted by atomic mass is 16.5. The van der Waals surface area contributed by atoms with Crippen molar-refractivity contribution >= 4 is 5.91 Å². The molecule has 8 nitrogen and oxygen atoms in total. The molecule has 2 N–H and O–H groups in total. The van der Waals surface area contributed by atoms with Crippen LogP contribution in [0.5, 0.6) is 0 Å². The van der Waals surface area contributed by atoms with Crippen molar-refractivity contribution in [1.29, 1.82) is 0 Å². The molecule has 3 rings (SSSR count). The van der Waals surface area contributed by atoms with Gasteiger partial charge in [0.25, 0.3) is 5.91 Å². The molecule has 26 heavy (non-hydrogen) atoms. The second-order valence-corrected chi connectivity index (χ2v) is 6.04. The number of aliphatic hydroxyl groups excluding tert-OH is 1. The molecule has 1 aliphatic rings. The minimum atomic E-state index is -0.313. The van der Waals surface area contributed by atoms with Gasteiger partial charge in [-0.15, -0.1) is 0 Å². The van der Waals surface area contributed by atoms with Gasteiger partial charge in [0.15, 0.2) is 0 Å². The number of azide groups is 1. The summed E-state index contributed by atoms with van der Waals surface area (Å²) >= 11 is 0. The number of carbonyl (C=O) groups is 1. The van der Waals surface area contributed by atoms with Gasteiger partial charge >= 0.3 is 0 Å². The number of hydrogen-bond acceptors (Lipinski definition) is 5. The van der Waals surface area contributed by atoms with Gasteiger partial charge in [0.1, 0.15) is 12.3 Å². The third kappa shape index (κ3) is 4.22. The molecule has 0 atom stereocenters. The number of aliphatic hydroxyl groups is 1. The molecule has 0 spiro atoms. The van der Waals surface area contributed by atoms with Crippen LogP contribution in [-0.2, 0) is 0 Å². The number of aromatic nitrogens is 1. The molecule has 0 unspecified atom stereocenters. The number of rotatable bonds is 5. The van der Waals surface area contributed by atoms with Crippen molar-refractivity contribution < 1.29 is 14.4 Å². The van der Waals surface area contributed by atoms with Crippen molar-refractivity contribution in [3.63, 3.8) is 0 Å². The fourth-order valence-corrected chi connectivity index (χ4v) is 2.83. The first kappa shape index (κ1) is 17.5. The lowest BCUT2D eigenvalue weighted by Crippen LogP contribution is -2.45. The van der Waals surface area contributed by atoms with Gasteiger partial charge in [-0.25, -0.2) is 0 Å². The summed E-state index contributed by atoms with van der Waals surface area (Å²) in [4.78, 5) is 15.0. The molecule has 1 aromatic heterocycles. The van der Waals surface area contributed by atoms with Crippen LogP contribution in [0.3, 0.4) is 0 Å². The normalized spacial score (nSPS) is 18.0. The molecule has 2 aromatic rings. The van der Waals surface area contributed by atoms with Gasteiger partial charge in [-0.05, 0) is 36.4 Å². The van der Waals surface area contributed by atoms with Crippen LogP contribution >= 0.6 is 0 Å². The maximum Gasteiger partial charge on any atom is 0.290 e. The maximum absolute atomic E-state index is 12.2. The van der Waals surface area contributed by atoms with Gasteiger partial charge in [-0.3, -0.25) is 4.79 Å². The molecule has 0 bridgehead atoms. The first-order chi connectivity index (χ1) is 12.7. The lowest BCUT2D eigenvalue weighted by molar-refractivity contribution is 0.0855. The van der Waals surface area contributed by atoms with Gasteiger partial charge in [0.05, 0.1) is 0 Å². The van der Waals surface area contributed by atoms with Crippen molar-refractivity contribution in [3.05, 3.63) is 52.1 Å². The van der Waals surface area contributed by atoms with E-state index < -0.39 is 0 Å². The van der Waals surface area contributed by atoms with Crippen molar-refractivity contribution in [2.45, 2.75) is 18.9 Å². The molecule has 8 heteroatoms. The quantitative estimate of drug-likeness (QED) is 0.371. The second-order valence-electron chi connectivity index (χ2n) is 6.04. The average Bonchev–Trinajstić information content (AvgIpc) is 3.12. The van der Waals surface area contributed by atoms with Crippen LogP contribution < -0.4 is 5.32 Å². The molecular weight excluding hydrogens is 334 g/mol. The van der Waals surface area contributed by atoms with Gasteiger partial charge < -0.3 is 14.9 Å². The van der Waals surface area contributed by atoms with E-state index in [1.165, 1.54) is 0 Å². The summed E-state index contributed by atoms with van der Waals surface area (Å²) in [5, 5.41) is 19.1. The Kier molecular flexibility index (Phi) is 5.54. The lowest BCUT2D eigenvalue weighted by atomic mass is 9.80. The Morgan fingerprint density at radius 2 is 2.31 bits per heavy atom. The van der Waals surface area contributed by atoms with E-state index in [1.807, 2.05) is 24.3 Å². The summed E-state index contributed by atoms with van der Waals surface area (Å²) in [6.07, 6.45) is 1.58. The number of hydrogen-bond donors (Lipinski definition) is 2. The lowest BCUT2D eigenvalue weighted by Gasteiger charge is -2.34. The smallest absolute Gasteiger partial charge is 0.290 e. The highest BCUT2D eigenvalue weighted by molar-refractivity contribution is 5.92. The van der Waals surface area contributed by atoms with Gasteiger partial charge in [0.2, 0.25) is 5.76 Å². The fourth-order valence-electron chi connectivity index (χ4n) is 2.83. The molecule has 1 amide bonds. The molecule has 1 saturated carbocycles. The maximum atomic E-state index is 12.2. The Morgan fingerprint density at radius 3 is 3.08 bits per heavy atom. The minimum absolute atomic E-state index is 0.0621. The molecule has 1 heterocycles. The number of carbonyl (C=O) groups excluding carboxylic acids is 1. The zero-order valence-electron chi connectivity index (χ0n) is 13.9. The van der Waals surface area contributed by atoms with Crippen LogP contribution in [0.4, 0.5) is 0 Å². The molecule has 1 aromatic carbocycles. The van der Waals surface area contributed by atoms with E-state index in [0.29, 0.717) is 18.2 Å². The Bertz CT molecular complexity index is 899. The third-order valence-corrected chi connectivity index (χ3v) is 4.18. The molecule has 0 radical (unpaired) electrons. The number of benzene rings is 1. The van der Waals surface area contributed by atoms with Gasteiger partial charge in [-0.2, -0.15) is 0 Å². The van der Waals surface area contributed by atoms with E-state index in [4.69, 9.17) is 15.2 Å². The topological polar surface area (TPSA) is 124 Å². The SMILES string of the molecule is [N-]=[N+]=NC[C@H]1C[C@H](NC(=O)c2cc(-c3cccc(C#CCO)c3)no2)C1. The number of nitrogens with zero attached hydrogens (tertiary/aromatic N) is 4. The van der Waals surface area contributed by atoms with Crippen LogP contribution in [0, 0.1) is 17.8 Å². The van der Waals surface area contributed by atoms with E-state index in [9.17, 15) is 4.79 Å². The summed E-state index contributed by atoms with van der Waals surface area (Å²) in [6, 6.07) is 8.95. The average molecular weight is 351 g/mol. The van der Waals surface area contributed by atoms with Crippen molar-refractivity contribution in [1.82, 2.24) is 10.5 Å². The largest absolute Gasteiger partial charge is 0.384 e. The first-order valence-corrected chi connectivity index (χ1v) is 8.18. The van der Waals surface area contributed by atoms with Crippen LogP contribution in [0.1, 0.15) is 29.0 Å². The molecule has 1 aliphatic carbocycles. The Balaban J connectivity index is 1.61. The zero-order valence-corrected chi connectivity index (χ0v) is 13.9. The molecule has 0 aliphatic heterocycles. The van der Waals surface area contributed by atoms with Crippen LogP contribution in [0.2, 0.25) is 0 Å². The predicted molar refractivity (Wildman–Crippen MR) is 93.9 cm³/mol. The molecule has 1 fully saturated rings. The predicted octanol–water partition coefficient (Wildman–Crippen LogP) is 2.50. The third-order valence-electron chi connectivity index (χ3n) is 4.18. The van der Waals surface area contributed by atoms with E-state index in [2.05, 4.69) is 32.3 Å². The molecular formula is C18H17N5O3. The van der Waals surface area contributed by atoms with Crippen LogP contribution in [-0.4, -0.2) is 35.4 Å². The summed E-state index contributed by atoms with van der Waals surface area (Å²) < 4.78 is 5.16. The zero-order chi connectivity index (χ0) is 18.4.